The number of hydrogen-bond acceptors (Lipinski definition) is 3. The zero-order valence-electron chi connectivity index (χ0n) is 9.68. The van der Waals surface area contributed by atoms with Crippen LogP contribution in [0.15, 0.2) is 17.5 Å². The zero-order valence-corrected chi connectivity index (χ0v) is 10.5. The predicted molar refractivity (Wildman–Crippen MR) is 65.0 cm³/mol. The fourth-order valence-corrected chi connectivity index (χ4v) is 2.54. The van der Waals surface area contributed by atoms with Crippen LogP contribution in [0.2, 0.25) is 0 Å². The summed E-state index contributed by atoms with van der Waals surface area (Å²) in [5, 5.41) is 11.0. The summed E-state index contributed by atoms with van der Waals surface area (Å²) in [5.41, 5.74) is -1.11. The molecule has 5 heteroatoms. The Morgan fingerprint density at radius 3 is 2.71 bits per heavy atom. The third kappa shape index (κ3) is 2.34. The third-order valence-electron chi connectivity index (χ3n) is 3.19. The fraction of sp³-hybridized carbons (Fsp3) is 0.500. The summed E-state index contributed by atoms with van der Waals surface area (Å²) in [6.45, 7) is 0.578. The van der Waals surface area contributed by atoms with Gasteiger partial charge in [-0.05, 0) is 30.7 Å². The van der Waals surface area contributed by atoms with Crippen LogP contribution in [-0.2, 0) is 16.0 Å². The maximum absolute atomic E-state index is 12.0. The summed E-state index contributed by atoms with van der Waals surface area (Å²) in [6.07, 6.45) is 1.74. The van der Waals surface area contributed by atoms with Gasteiger partial charge in [-0.25, -0.2) is 0 Å². The van der Waals surface area contributed by atoms with Crippen LogP contribution in [0.25, 0.3) is 0 Å². The largest absolute Gasteiger partial charge is 0.480 e. The van der Waals surface area contributed by atoms with Gasteiger partial charge >= 0.3 is 5.97 Å². The number of hydrogen-bond donors (Lipinski definition) is 1. The number of carboxylic acid groups (broad SMARTS) is 1. The molecule has 1 aromatic heterocycles. The van der Waals surface area contributed by atoms with Gasteiger partial charge in [0.2, 0.25) is 5.91 Å². The highest BCUT2D eigenvalue weighted by atomic mass is 32.1. The third-order valence-corrected chi connectivity index (χ3v) is 4.13. The minimum absolute atomic E-state index is 0.249. The Hall–Kier alpha value is -1.36. The number of thiophene rings is 1. The van der Waals surface area contributed by atoms with Crippen molar-refractivity contribution >= 4 is 23.2 Å². The number of nitrogens with zero attached hydrogens (tertiary/aromatic N) is 1. The molecule has 1 aliphatic rings. The lowest BCUT2D eigenvalue weighted by molar-refractivity contribution is -0.152. The second-order valence-corrected chi connectivity index (χ2v) is 5.48. The van der Waals surface area contributed by atoms with Crippen molar-refractivity contribution < 1.29 is 14.7 Å². The molecule has 4 nitrogen and oxygen atoms in total. The molecular formula is C12H15NO3S. The van der Waals surface area contributed by atoms with Crippen LogP contribution in [0, 0.1) is 5.41 Å². The van der Waals surface area contributed by atoms with Crippen LogP contribution in [0.1, 0.15) is 17.7 Å². The van der Waals surface area contributed by atoms with Crippen molar-refractivity contribution in [3.05, 3.63) is 22.4 Å². The van der Waals surface area contributed by atoms with E-state index in [4.69, 9.17) is 5.11 Å². The molecule has 1 aliphatic carbocycles. The van der Waals surface area contributed by atoms with Gasteiger partial charge < -0.3 is 10.0 Å². The topological polar surface area (TPSA) is 57.6 Å². The van der Waals surface area contributed by atoms with Gasteiger partial charge in [0.05, 0.1) is 0 Å². The Labute approximate surface area is 104 Å². The lowest BCUT2D eigenvalue weighted by atomic mass is 10.1. The number of aliphatic carboxylic acids is 1. The molecule has 1 aromatic rings. The summed E-state index contributed by atoms with van der Waals surface area (Å²) >= 11 is 1.65. The van der Waals surface area contributed by atoms with Crippen molar-refractivity contribution in [1.82, 2.24) is 4.90 Å². The molecule has 0 bridgehead atoms. The molecule has 1 saturated carbocycles. The molecule has 2 rings (SSSR count). The molecular weight excluding hydrogens is 238 g/mol. The lowest BCUT2D eigenvalue weighted by Gasteiger charge is -2.20. The van der Waals surface area contributed by atoms with Crippen molar-refractivity contribution in [2.45, 2.75) is 19.3 Å². The van der Waals surface area contributed by atoms with E-state index in [9.17, 15) is 9.59 Å². The van der Waals surface area contributed by atoms with Crippen molar-refractivity contribution in [2.75, 3.05) is 13.6 Å². The smallest absolute Gasteiger partial charge is 0.319 e. The normalized spacial score (nSPS) is 16.5. The Morgan fingerprint density at radius 1 is 1.53 bits per heavy atom. The molecule has 0 saturated heterocycles. The van der Waals surface area contributed by atoms with Gasteiger partial charge in [-0.2, -0.15) is 0 Å². The van der Waals surface area contributed by atoms with E-state index < -0.39 is 11.4 Å². The highest BCUT2D eigenvalue weighted by Gasteiger charge is 2.58. The predicted octanol–water partition coefficient (Wildman–Crippen LogP) is 1.61. The lowest BCUT2D eigenvalue weighted by Crippen LogP contribution is -2.39. The van der Waals surface area contributed by atoms with Crippen molar-refractivity contribution in [1.29, 1.82) is 0 Å². The molecule has 92 valence electrons. The molecule has 0 radical (unpaired) electrons. The van der Waals surface area contributed by atoms with E-state index >= 15 is 0 Å². The molecule has 17 heavy (non-hydrogen) atoms. The SMILES string of the molecule is CN(CCc1cccs1)C(=O)C1(C(=O)O)CC1. The number of carbonyl (C=O) groups excluding carboxylic acids is 1. The average Bonchev–Trinajstić information content (AvgIpc) is 2.96. The molecule has 1 amide bonds. The Bertz CT molecular complexity index is 423. The summed E-state index contributed by atoms with van der Waals surface area (Å²) in [5.74, 6) is -1.23. The van der Waals surface area contributed by atoms with Crippen LogP contribution >= 0.6 is 11.3 Å². The molecule has 0 aliphatic heterocycles. The summed E-state index contributed by atoms with van der Waals surface area (Å²) < 4.78 is 0. The summed E-state index contributed by atoms with van der Waals surface area (Å²) in [6, 6.07) is 3.99. The first-order valence-corrected chi connectivity index (χ1v) is 6.45. The maximum Gasteiger partial charge on any atom is 0.319 e. The molecule has 0 unspecified atom stereocenters. The van der Waals surface area contributed by atoms with E-state index in [0.717, 1.165) is 6.42 Å². The molecule has 0 atom stereocenters. The van der Waals surface area contributed by atoms with Gasteiger partial charge in [0, 0.05) is 18.5 Å². The molecule has 0 spiro atoms. The standard InChI is InChI=1S/C12H15NO3S/c1-13(7-4-9-3-2-8-17-9)10(14)12(5-6-12)11(15)16/h2-3,8H,4-7H2,1H3,(H,15,16). The first kappa shape index (κ1) is 12.1. The van der Waals surface area contributed by atoms with Crippen molar-refractivity contribution in [3.8, 4) is 0 Å². The Balaban J connectivity index is 1.90. The first-order chi connectivity index (χ1) is 8.06. The van der Waals surface area contributed by atoms with Crippen LogP contribution < -0.4 is 0 Å². The highest BCUT2D eigenvalue weighted by Crippen LogP contribution is 2.47. The van der Waals surface area contributed by atoms with Gasteiger partial charge in [-0.1, -0.05) is 6.07 Å². The minimum atomic E-state index is -1.11. The van der Waals surface area contributed by atoms with Crippen LogP contribution in [0.3, 0.4) is 0 Å². The van der Waals surface area contributed by atoms with Crippen molar-refractivity contribution in [3.63, 3.8) is 0 Å². The van der Waals surface area contributed by atoms with E-state index in [1.165, 1.54) is 4.88 Å². The Morgan fingerprint density at radius 2 is 2.24 bits per heavy atom. The second-order valence-electron chi connectivity index (χ2n) is 4.44. The fourth-order valence-electron chi connectivity index (χ4n) is 1.84. The number of amides is 1. The van der Waals surface area contributed by atoms with E-state index in [0.29, 0.717) is 19.4 Å². The highest BCUT2D eigenvalue weighted by molar-refractivity contribution is 7.09. The van der Waals surface area contributed by atoms with Gasteiger partial charge in [0.15, 0.2) is 0 Å². The van der Waals surface area contributed by atoms with E-state index in [-0.39, 0.29) is 5.91 Å². The molecule has 1 N–H and O–H groups in total. The molecule has 1 heterocycles. The quantitative estimate of drug-likeness (QED) is 0.811. The van der Waals surface area contributed by atoms with E-state index in [1.54, 1.807) is 23.3 Å². The minimum Gasteiger partial charge on any atom is -0.480 e. The molecule has 0 aromatic carbocycles. The summed E-state index contributed by atoms with van der Waals surface area (Å²) in [7, 11) is 1.68. The van der Waals surface area contributed by atoms with Gasteiger partial charge in [0.1, 0.15) is 5.41 Å². The zero-order chi connectivity index (χ0) is 12.5. The number of rotatable bonds is 5. The van der Waals surface area contributed by atoms with Crippen LogP contribution in [-0.4, -0.2) is 35.5 Å². The number of likely N-dealkylation sites (N-methyl/N-ethyl adjacent to an activating group) is 1. The number of carboxylic acids is 1. The van der Waals surface area contributed by atoms with E-state index in [1.807, 2.05) is 17.5 Å². The van der Waals surface area contributed by atoms with Crippen molar-refractivity contribution in [2.24, 2.45) is 5.41 Å². The van der Waals surface area contributed by atoms with E-state index in [2.05, 4.69) is 0 Å². The maximum atomic E-state index is 12.0. The Kier molecular flexibility index (Phi) is 3.19. The van der Waals surface area contributed by atoms with Gasteiger partial charge in [0.25, 0.3) is 0 Å². The second kappa shape index (κ2) is 4.49. The number of carbonyl (C=O) groups is 2. The van der Waals surface area contributed by atoms with Gasteiger partial charge in [-0.15, -0.1) is 11.3 Å². The van der Waals surface area contributed by atoms with Gasteiger partial charge in [-0.3, -0.25) is 9.59 Å². The summed E-state index contributed by atoms with van der Waals surface area (Å²) in [4.78, 5) is 25.7. The first-order valence-electron chi connectivity index (χ1n) is 5.57. The van der Waals surface area contributed by atoms with Crippen LogP contribution in [0.5, 0.6) is 0 Å². The monoisotopic (exact) mass is 253 g/mol. The average molecular weight is 253 g/mol. The van der Waals surface area contributed by atoms with Crippen LogP contribution in [0.4, 0.5) is 0 Å². The molecule has 1 fully saturated rings.